The van der Waals surface area contributed by atoms with E-state index in [-0.39, 0.29) is 15.0 Å². The predicted molar refractivity (Wildman–Crippen MR) is 93.2 cm³/mol. The molecule has 0 aliphatic carbocycles. The van der Waals surface area contributed by atoms with E-state index < -0.39 is 29.6 Å². The van der Waals surface area contributed by atoms with Crippen LogP contribution in [0.25, 0.3) is 10.2 Å². The summed E-state index contributed by atoms with van der Waals surface area (Å²) in [6.45, 7) is 3.23. The van der Waals surface area contributed by atoms with Crippen molar-refractivity contribution in [3.8, 4) is 0 Å². The monoisotopic (exact) mass is 376 g/mol. The highest BCUT2D eigenvalue weighted by atomic mass is 32.1. The highest BCUT2D eigenvalue weighted by Gasteiger charge is 2.21. The number of fused-ring (bicyclic) bond motifs is 1. The zero-order valence-electron chi connectivity index (χ0n) is 13.9. The molecule has 3 rings (SSSR count). The number of amides is 1. The fourth-order valence-corrected chi connectivity index (χ4v) is 3.56. The summed E-state index contributed by atoms with van der Waals surface area (Å²) in [7, 11) is 0. The van der Waals surface area contributed by atoms with Gasteiger partial charge in [-0.1, -0.05) is 29.0 Å². The molecule has 2 aromatic carbocycles. The van der Waals surface area contributed by atoms with Crippen LogP contribution in [0.2, 0.25) is 0 Å². The van der Waals surface area contributed by atoms with Gasteiger partial charge in [-0.2, -0.15) is 4.99 Å². The highest BCUT2D eigenvalue weighted by Crippen LogP contribution is 2.25. The maximum absolute atomic E-state index is 14.1. The average molecular weight is 376 g/mol. The number of aryl methyl sites for hydroxylation is 1. The molecule has 0 saturated carbocycles. The second-order valence-electron chi connectivity index (χ2n) is 5.79. The minimum Gasteiger partial charge on any atom is -0.480 e. The van der Waals surface area contributed by atoms with Crippen LogP contribution in [-0.4, -0.2) is 21.6 Å². The molecule has 1 heterocycles. The Morgan fingerprint density at radius 1 is 1.19 bits per heavy atom. The van der Waals surface area contributed by atoms with Crippen LogP contribution < -0.4 is 4.80 Å². The van der Waals surface area contributed by atoms with E-state index in [9.17, 15) is 23.5 Å². The van der Waals surface area contributed by atoms with Crippen LogP contribution in [0.3, 0.4) is 0 Å². The number of hydrogen-bond acceptors (Lipinski definition) is 3. The Morgan fingerprint density at radius 2 is 1.85 bits per heavy atom. The molecule has 1 aromatic heterocycles. The Hall–Kier alpha value is -2.87. The SMILES string of the molecule is Cc1ccc(C(=O)/N=c2\sc3c(F)cc(F)cc3n2C(C)C(=O)O)cc1. The van der Waals surface area contributed by atoms with Gasteiger partial charge in [0, 0.05) is 11.6 Å². The molecular weight excluding hydrogens is 362 g/mol. The van der Waals surface area contributed by atoms with Gasteiger partial charge in [-0.3, -0.25) is 4.79 Å². The fourth-order valence-electron chi connectivity index (χ4n) is 2.48. The first-order chi connectivity index (χ1) is 12.3. The third kappa shape index (κ3) is 3.28. The molecule has 0 aliphatic rings. The minimum atomic E-state index is -1.21. The summed E-state index contributed by atoms with van der Waals surface area (Å²) in [6.07, 6.45) is 0. The van der Waals surface area contributed by atoms with E-state index in [0.717, 1.165) is 27.5 Å². The molecule has 5 nitrogen and oxygen atoms in total. The van der Waals surface area contributed by atoms with E-state index in [1.807, 2.05) is 6.92 Å². The molecule has 0 aliphatic heterocycles. The quantitative estimate of drug-likeness (QED) is 0.758. The Labute approximate surface area is 150 Å². The van der Waals surface area contributed by atoms with Crippen molar-refractivity contribution >= 4 is 33.4 Å². The highest BCUT2D eigenvalue weighted by molar-refractivity contribution is 7.16. The molecule has 0 spiro atoms. The molecule has 1 atom stereocenters. The molecule has 1 N–H and O–H groups in total. The lowest BCUT2D eigenvalue weighted by molar-refractivity contribution is -0.140. The van der Waals surface area contributed by atoms with Crippen molar-refractivity contribution in [3.05, 3.63) is 64.0 Å². The molecule has 8 heteroatoms. The maximum atomic E-state index is 14.1. The van der Waals surface area contributed by atoms with Crippen molar-refractivity contribution in [3.63, 3.8) is 0 Å². The Balaban J connectivity index is 2.25. The van der Waals surface area contributed by atoms with E-state index in [1.165, 1.54) is 6.92 Å². The standard InChI is InChI=1S/C18H14F2N2O3S/c1-9-3-5-11(6-4-9)16(23)21-18-22(10(2)17(24)25)14-8-12(19)7-13(20)15(14)26-18/h3-8,10H,1-2H3,(H,24,25)/b21-18-. The van der Waals surface area contributed by atoms with Crippen LogP contribution in [-0.2, 0) is 4.79 Å². The molecule has 0 fully saturated rings. The van der Waals surface area contributed by atoms with Gasteiger partial charge in [0.05, 0.1) is 10.2 Å². The van der Waals surface area contributed by atoms with Crippen LogP contribution in [0.5, 0.6) is 0 Å². The lowest BCUT2D eigenvalue weighted by atomic mass is 10.1. The van der Waals surface area contributed by atoms with Crippen LogP contribution in [0, 0.1) is 18.6 Å². The van der Waals surface area contributed by atoms with E-state index >= 15 is 0 Å². The number of aromatic nitrogens is 1. The number of halogens is 2. The van der Waals surface area contributed by atoms with Crippen molar-refractivity contribution in [2.75, 3.05) is 0 Å². The first-order valence-electron chi connectivity index (χ1n) is 7.66. The smallest absolute Gasteiger partial charge is 0.326 e. The zero-order chi connectivity index (χ0) is 19.0. The maximum Gasteiger partial charge on any atom is 0.326 e. The molecule has 134 valence electrons. The van der Waals surface area contributed by atoms with E-state index in [1.54, 1.807) is 24.3 Å². The van der Waals surface area contributed by atoms with Crippen molar-refractivity contribution < 1.29 is 23.5 Å². The molecule has 26 heavy (non-hydrogen) atoms. The number of benzene rings is 2. The van der Waals surface area contributed by atoms with Gasteiger partial charge in [0.2, 0.25) is 0 Å². The summed E-state index contributed by atoms with van der Waals surface area (Å²) in [6, 6.07) is 7.27. The number of carboxylic acids is 1. The van der Waals surface area contributed by atoms with Gasteiger partial charge in [0.25, 0.3) is 5.91 Å². The normalized spacial score (nSPS) is 13.2. The summed E-state index contributed by atoms with van der Waals surface area (Å²) in [5.74, 6) is -3.47. The molecule has 0 saturated heterocycles. The largest absolute Gasteiger partial charge is 0.480 e. The minimum absolute atomic E-state index is 0.00928. The first-order valence-corrected chi connectivity index (χ1v) is 8.48. The molecule has 0 bridgehead atoms. The van der Waals surface area contributed by atoms with Gasteiger partial charge in [-0.25, -0.2) is 13.6 Å². The van der Waals surface area contributed by atoms with Crippen molar-refractivity contribution in [2.24, 2.45) is 4.99 Å². The van der Waals surface area contributed by atoms with E-state index in [2.05, 4.69) is 4.99 Å². The number of nitrogens with zero attached hydrogens (tertiary/aromatic N) is 2. The number of carboxylic acid groups (broad SMARTS) is 1. The number of carbonyl (C=O) groups is 2. The van der Waals surface area contributed by atoms with Gasteiger partial charge in [-0.15, -0.1) is 0 Å². The van der Waals surface area contributed by atoms with Crippen molar-refractivity contribution in [1.82, 2.24) is 4.57 Å². The summed E-state index contributed by atoms with van der Waals surface area (Å²) >= 11 is 0.802. The second-order valence-corrected chi connectivity index (χ2v) is 6.77. The molecule has 3 aromatic rings. The fraction of sp³-hybridized carbons (Fsp3) is 0.167. The Morgan fingerprint density at radius 3 is 2.46 bits per heavy atom. The summed E-state index contributed by atoms with van der Waals surface area (Å²) in [5.41, 5.74) is 1.32. The average Bonchev–Trinajstić information content (AvgIpc) is 2.92. The van der Waals surface area contributed by atoms with Crippen LogP contribution in [0.1, 0.15) is 28.9 Å². The van der Waals surface area contributed by atoms with Gasteiger partial charge >= 0.3 is 5.97 Å². The third-order valence-electron chi connectivity index (χ3n) is 3.89. The lowest BCUT2D eigenvalue weighted by Crippen LogP contribution is -2.25. The van der Waals surface area contributed by atoms with Crippen LogP contribution in [0.15, 0.2) is 41.4 Å². The molecule has 0 radical (unpaired) electrons. The Bertz CT molecular complexity index is 1080. The zero-order valence-corrected chi connectivity index (χ0v) is 14.7. The Kier molecular flexibility index (Phi) is 4.69. The number of thiazole rings is 1. The van der Waals surface area contributed by atoms with E-state index in [4.69, 9.17) is 0 Å². The molecule has 1 unspecified atom stereocenters. The van der Waals surface area contributed by atoms with Gasteiger partial charge in [0.15, 0.2) is 4.80 Å². The molecular formula is C18H14F2N2O3S. The van der Waals surface area contributed by atoms with Gasteiger partial charge < -0.3 is 9.67 Å². The van der Waals surface area contributed by atoms with Crippen LogP contribution >= 0.6 is 11.3 Å². The summed E-state index contributed by atoms with van der Waals surface area (Å²) in [4.78, 5) is 27.8. The number of carbonyl (C=O) groups excluding carboxylic acids is 1. The third-order valence-corrected chi connectivity index (χ3v) is 4.97. The van der Waals surface area contributed by atoms with Crippen molar-refractivity contribution in [2.45, 2.75) is 19.9 Å². The predicted octanol–water partition coefficient (Wildman–Crippen LogP) is 3.68. The van der Waals surface area contributed by atoms with Crippen LogP contribution in [0.4, 0.5) is 8.78 Å². The first kappa shape index (κ1) is 17.9. The number of rotatable bonds is 3. The molecule has 1 amide bonds. The number of aliphatic carboxylic acids is 1. The van der Waals surface area contributed by atoms with E-state index in [0.29, 0.717) is 11.6 Å². The lowest BCUT2D eigenvalue weighted by Gasteiger charge is -2.10. The topological polar surface area (TPSA) is 71.7 Å². The summed E-state index contributed by atoms with van der Waals surface area (Å²) < 4.78 is 28.9. The van der Waals surface area contributed by atoms with Crippen molar-refractivity contribution in [1.29, 1.82) is 0 Å². The van der Waals surface area contributed by atoms with Gasteiger partial charge in [-0.05, 0) is 32.0 Å². The van der Waals surface area contributed by atoms with Gasteiger partial charge in [0.1, 0.15) is 17.7 Å². The second kappa shape index (κ2) is 6.80. The number of hydrogen-bond donors (Lipinski definition) is 1. The summed E-state index contributed by atoms with van der Waals surface area (Å²) in [5, 5.41) is 9.33.